The van der Waals surface area contributed by atoms with Crippen LogP contribution in [-0.2, 0) is 17.3 Å². The molecule has 392 valence electrons. The molecule has 10 heteroatoms. The maximum Gasteiger partial charge on any atom is 0.227 e. The minimum atomic E-state index is -0.148. The molecule has 5 heterocycles. The van der Waals surface area contributed by atoms with Crippen LogP contribution in [0.3, 0.4) is 0 Å². The molecule has 0 atom stereocenters. The van der Waals surface area contributed by atoms with E-state index in [1.54, 1.807) is 0 Å². The van der Waals surface area contributed by atoms with Gasteiger partial charge in [-0.3, -0.25) is 0 Å². The molecule has 0 fully saturated rings. The van der Waals surface area contributed by atoms with Gasteiger partial charge >= 0.3 is 0 Å². The Labute approximate surface area is 476 Å². The molecule has 0 unspecified atom stereocenters. The van der Waals surface area contributed by atoms with Gasteiger partial charge in [-0.15, -0.1) is 0 Å². The third-order valence-electron chi connectivity index (χ3n) is 15.6. The van der Waals surface area contributed by atoms with Crippen LogP contribution in [0.5, 0.6) is 0 Å². The fourth-order valence-electron chi connectivity index (χ4n) is 11.7. The summed E-state index contributed by atoms with van der Waals surface area (Å²) in [7, 11) is 0. The summed E-state index contributed by atoms with van der Waals surface area (Å²) in [4.78, 5) is 21.1. The van der Waals surface area contributed by atoms with Gasteiger partial charge in [0.1, 0.15) is 22.1 Å². The number of aromatic nitrogens is 4. The van der Waals surface area contributed by atoms with Crippen LogP contribution >= 0.6 is 15.9 Å². The van der Waals surface area contributed by atoms with Gasteiger partial charge in [-0.05, 0) is 137 Å². The molecule has 0 bridgehead atoms. The Morgan fingerprint density at radius 2 is 0.642 bits per heavy atom. The van der Waals surface area contributed by atoms with Gasteiger partial charge in [0.05, 0.1) is 11.4 Å². The first-order chi connectivity index (χ1) is 39.5. The highest BCUT2D eigenvalue weighted by atomic mass is 79.9. The SMILES string of the molecule is Brc1cc(-c2nc3ccccc3o2)cc(-c2nc3ccccc3o2)c1.CC1(C)c2ccccc2Cc2ccccc21.CC1(C)c2ccccc2N(c2cc(-c3nc4ccccc4o3)cc(-c3nc4ccccc4o3)c2)c2ccccc21. The summed E-state index contributed by atoms with van der Waals surface area (Å²) >= 11 is 3.56. The van der Waals surface area contributed by atoms with Crippen molar-refractivity contribution in [3.63, 3.8) is 0 Å². The number of hydrogen-bond acceptors (Lipinski definition) is 9. The third-order valence-corrected chi connectivity index (χ3v) is 16.1. The van der Waals surface area contributed by atoms with E-state index in [-0.39, 0.29) is 10.8 Å². The van der Waals surface area contributed by atoms with E-state index in [0.29, 0.717) is 23.6 Å². The van der Waals surface area contributed by atoms with Crippen LogP contribution in [0.15, 0.2) is 253 Å². The molecule has 16 rings (SSSR count). The van der Waals surface area contributed by atoms with Crippen LogP contribution in [0, 0.1) is 0 Å². The zero-order valence-electron chi connectivity index (χ0n) is 44.9. The van der Waals surface area contributed by atoms with Gasteiger partial charge in [-0.1, -0.05) is 177 Å². The standard InChI is InChI=1S/C35H25N3O2.C20H11BrN2O2.C16H16/c1-35(2)25-11-3-7-15-29(25)38(30-16-8-4-12-26(30)35)24-20-22(33-36-27-13-5-9-17-31(27)39-33)19-23(21-24)34-37-28-14-6-10-18-32(28)40-34;21-14-10-12(19-22-15-5-1-3-7-17(15)24-19)9-13(11-14)20-23-16-6-2-4-8-18(16)25-20;1-16(2)14-9-5-3-7-12(14)11-13-8-4-6-10-15(13)16/h3-21H,1-2H3;1-11H;3-10H,11H2,1-2H3. The van der Waals surface area contributed by atoms with Crippen LogP contribution in [0.4, 0.5) is 17.1 Å². The Morgan fingerprint density at radius 3 is 1.01 bits per heavy atom. The molecule has 9 nitrogen and oxygen atoms in total. The molecule has 0 radical (unpaired) electrons. The van der Waals surface area contributed by atoms with Gasteiger partial charge < -0.3 is 22.6 Å². The summed E-state index contributed by atoms with van der Waals surface area (Å²) in [6.07, 6.45) is 1.08. The summed E-state index contributed by atoms with van der Waals surface area (Å²) in [6.45, 7) is 9.23. The zero-order chi connectivity index (χ0) is 54.8. The topological polar surface area (TPSA) is 107 Å². The molecule has 0 saturated heterocycles. The lowest BCUT2D eigenvalue weighted by molar-refractivity contribution is 0.610. The number of oxazole rings is 4. The number of rotatable bonds is 5. The van der Waals surface area contributed by atoms with Crippen LogP contribution in [0.25, 0.3) is 90.2 Å². The number of halogens is 1. The van der Waals surface area contributed by atoms with Gasteiger partial charge in [0.2, 0.25) is 23.6 Å². The summed E-state index contributed by atoms with van der Waals surface area (Å²) in [5.41, 5.74) is 21.5. The van der Waals surface area contributed by atoms with Crippen LogP contribution in [-0.4, -0.2) is 19.9 Å². The van der Waals surface area contributed by atoms with Crippen molar-refractivity contribution in [2.45, 2.75) is 44.9 Å². The molecule has 14 aromatic rings. The predicted molar refractivity (Wildman–Crippen MR) is 327 cm³/mol. The average Bonchev–Trinajstić information content (AvgIpc) is 4.37. The molecule has 0 spiro atoms. The second-order valence-electron chi connectivity index (χ2n) is 21.6. The van der Waals surface area contributed by atoms with E-state index >= 15 is 0 Å². The van der Waals surface area contributed by atoms with Crippen molar-refractivity contribution in [1.82, 2.24) is 19.9 Å². The summed E-state index contributed by atoms with van der Waals surface area (Å²) in [5, 5.41) is 0. The summed E-state index contributed by atoms with van der Waals surface area (Å²) in [5.74, 6) is 2.25. The van der Waals surface area contributed by atoms with E-state index in [9.17, 15) is 0 Å². The second-order valence-corrected chi connectivity index (χ2v) is 22.5. The van der Waals surface area contributed by atoms with E-state index in [0.717, 1.165) is 94.6 Å². The number of fused-ring (bicyclic) bond motifs is 8. The Hall–Kier alpha value is -9.64. The van der Waals surface area contributed by atoms with E-state index in [2.05, 4.69) is 168 Å². The molecule has 81 heavy (non-hydrogen) atoms. The van der Waals surface area contributed by atoms with Gasteiger partial charge in [-0.25, -0.2) is 19.9 Å². The van der Waals surface area contributed by atoms with Crippen molar-refractivity contribution in [2.24, 2.45) is 0 Å². The number of hydrogen-bond donors (Lipinski definition) is 0. The van der Waals surface area contributed by atoms with Crippen molar-refractivity contribution < 1.29 is 17.7 Å². The molecule has 1 aliphatic heterocycles. The molecular weight excluding hydrogens is 1070 g/mol. The fourth-order valence-corrected chi connectivity index (χ4v) is 12.2. The van der Waals surface area contributed by atoms with E-state index in [1.165, 1.54) is 33.4 Å². The lowest BCUT2D eigenvalue weighted by Crippen LogP contribution is -2.30. The molecule has 10 aromatic carbocycles. The maximum absolute atomic E-state index is 6.24. The predicted octanol–water partition coefficient (Wildman–Crippen LogP) is 19.4. The quantitative estimate of drug-likeness (QED) is 0.166. The second kappa shape index (κ2) is 19.9. The van der Waals surface area contributed by atoms with Crippen LogP contribution in [0.1, 0.15) is 61.1 Å². The Morgan fingerprint density at radius 1 is 0.346 bits per heavy atom. The summed E-state index contributed by atoms with van der Waals surface area (Å²) in [6, 6.07) is 78.2. The monoisotopic (exact) mass is 1120 g/mol. The number of benzene rings is 10. The first-order valence-corrected chi connectivity index (χ1v) is 27.9. The van der Waals surface area contributed by atoms with Crippen molar-refractivity contribution in [1.29, 1.82) is 0 Å². The van der Waals surface area contributed by atoms with E-state index < -0.39 is 0 Å². The molecule has 4 aromatic heterocycles. The van der Waals surface area contributed by atoms with Crippen molar-refractivity contribution >= 4 is 77.4 Å². The van der Waals surface area contributed by atoms with Gasteiger partial charge in [0, 0.05) is 43.2 Å². The molecule has 2 aliphatic rings. The van der Waals surface area contributed by atoms with Gasteiger partial charge in [-0.2, -0.15) is 0 Å². The first-order valence-electron chi connectivity index (χ1n) is 27.1. The Balaban J connectivity index is 0.000000122. The Kier molecular flexibility index (Phi) is 12.2. The molecular formula is C71H52BrN5O4. The van der Waals surface area contributed by atoms with Crippen LogP contribution < -0.4 is 4.90 Å². The first kappa shape index (κ1) is 49.6. The van der Waals surface area contributed by atoms with E-state index in [4.69, 9.17) is 27.6 Å². The van der Waals surface area contributed by atoms with Crippen LogP contribution in [0.2, 0.25) is 0 Å². The zero-order valence-corrected chi connectivity index (χ0v) is 46.5. The lowest BCUT2D eigenvalue weighted by Gasteiger charge is -2.42. The average molecular weight is 1120 g/mol. The number of anilines is 3. The molecule has 0 saturated carbocycles. The number of para-hydroxylation sites is 10. The van der Waals surface area contributed by atoms with Gasteiger partial charge in [0.15, 0.2) is 22.3 Å². The smallest absolute Gasteiger partial charge is 0.227 e. The fraction of sp³-hybridized carbons (Fsp3) is 0.0986. The molecule has 0 N–H and O–H groups in total. The highest BCUT2D eigenvalue weighted by Crippen LogP contribution is 2.53. The number of nitrogens with zero attached hydrogens (tertiary/aromatic N) is 5. The molecule has 0 amide bonds. The minimum Gasteiger partial charge on any atom is -0.436 e. The van der Waals surface area contributed by atoms with Crippen molar-refractivity contribution in [3.8, 4) is 45.8 Å². The Bertz CT molecular complexity index is 4280. The van der Waals surface area contributed by atoms with Crippen molar-refractivity contribution in [3.05, 3.63) is 268 Å². The summed E-state index contributed by atoms with van der Waals surface area (Å²) < 4.78 is 25.1. The van der Waals surface area contributed by atoms with E-state index in [1.807, 2.05) is 121 Å². The highest BCUT2D eigenvalue weighted by molar-refractivity contribution is 9.10. The lowest BCUT2D eigenvalue weighted by atomic mass is 9.69. The van der Waals surface area contributed by atoms with Crippen molar-refractivity contribution in [2.75, 3.05) is 4.90 Å². The highest BCUT2D eigenvalue weighted by Gasteiger charge is 2.37. The largest absolute Gasteiger partial charge is 0.436 e. The maximum atomic E-state index is 6.24. The van der Waals surface area contributed by atoms with Gasteiger partial charge in [0.25, 0.3) is 0 Å². The normalized spacial score (nSPS) is 13.6. The third kappa shape index (κ3) is 9.07. The minimum absolute atomic E-state index is 0.144. The molecule has 1 aliphatic carbocycles.